The SMILES string of the molecule is C/C=N\N(C)C(C)Oc1cc(N2CCOCC2)nc(SC)n1. The third-order valence-electron chi connectivity index (χ3n) is 3.30. The van der Waals surface area contributed by atoms with Gasteiger partial charge in [0.25, 0.3) is 0 Å². The van der Waals surface area contributed by atoms with Crippen molar-refractivity contribution in [2.45, 2.75) is 25.2 Å². The monoisotopic (exact) mass is 325 g/mol. The van der Waals surface area contributed by atoms with Gasteiger partial charge in [-0.05, 0) is 20.1 Å². The number of anilines is 1. The summed E-state index contributed by atoms with van der Waals surface area (Å²) in [6, 6.07) is 1.88. The van der Waals surface area contributed by atoms with E-state index in [0.29, 0.717) is 11.0 Å². The van der Waals surface area contributed by atoms with Crippen molar-refractivity contribution in [3.63, 3.8) is 0 Å². The zero-order valence-electron chi connectivity index (χ0n) is 13.5. The summed E-state index contributed by atoms with van der Waals surface area (Å²) in [5.74, 6) is 1.44. The van der Waals surface area contributed by atoms with Crippen molar-refractivity contribution in [3.8, 4) is 5.88 Å². The van der Waals surface area contributed by atoms with E-state index in [1.165, 1.54) is 11.8 Å². The van der Waals surface area contributed by atoms with Gasteiger partial charge in [0.2, 0.25) is 5.88 Å². The van der Waals surface area contributed by atoms with Gasteiger partial charge in [0.05, 0.1) is 13.2 Å². The predicted molar refractivity (Wildman–Crippen MR) is 88.9 cm³/mol. The number of hydrogen-bond acceptors (Lipinski definition) is 8. The van der Waals surface area contributed by atoms with E-state index in [4.69, 9.17) is 9.47 Å². The first-order chi connectivity index (χ1) is 10.6. The lowest BCUT2D eigenvalue weighted by Gasteiger charge is -2.28. The average Bonchev–Trinajstić information content (AvgIpc) is 2.55. The van der Waals surface area contributed by atoms with E-state index in [9.17, 15) is 0 Å². The zero-order valence-corrected chi connectivity index (χ0v) is 14.3. The molecule has 1 aromatic heterocycles. The highest BCUT2D eigenvalue weighted by Gasteiger charge is 2.17. The van der Waals surface area contributed by atoms with Crippen LogP contribution in [0.25, 0.3) is 0 Å². The Morgan fingerprint density at radius 2 is 2.18 bits per heavy atom. The molecule has 1 aromatic rings. The van der Waals surface area contributed by atoms with Gasteiger partial charge in [0.15, 0.2) is 11.4 Å². The Hall–Kier alpha value is -1.54. The second-order valence-corrected chi connectivity index (χ2v) is 5.59. The molecule has 0 N–H and O–H groups in total. The maximum Gasteiger partial charge on any atom is 0.221 e. The van der Waals surface area contributed by atoms with Crippen molar-refractivity contribution in [2.24, 2.45) is 5.10 Å². The molecule has 8 heteroatoms. The van der Waals surface area contributed by atoms with Gasteiger partial charge in [-0.25, -0.2) is 4.98 Å². The number of ether oxygens (including phenoxy) is 2. The van der Waals surface area contributed by atoms with Gasteiger partial charge < -0.3 is 14.4 Å². The maximum absolute atomic E-state index is 5.89. The molecule has 122 valence electrons. The molecule has 1 aliphatic rings. The first kappa shape index (κ1) is 16.8. The van der Waals surface area contributed by atoms with Gasteiger partial charge in [-0.1, -0.05) is 11.8 Å². The van der Waals surface area contributed by atoms with Crippen LogP contribution in [0.15, 0.2) is 16.3 Å². The fraction of sp³-hybridized carbons (Fsp3) is 0.643. The van der Waals surface area contributed by atoms with E-state index in [1.807, 2.05) is 33.2 Å². The lowest BCUT2D eigenvalue weighted by atomic mass is 10.4. The minimum absolute atomic E-state index is 0.210. The number of hydrazone groups is 1. The molecule has 2 rings (SSSR count). The topological polar surface area (TPSA) is 63.1 Å². The molecule has 0 radical (unpaired) electrons. The van der Waals surface area contributed by atoms with Crippen molar-refractivity contribution in [2.75, 3.05) is 44.5 Å². The van der Waals surface area contributed by atoms with E-state index in [1.54, 1.807) is 11.2 Å². The Bertz CT molecular complexity index is 508. The molecule has 7 nitrogen and oxygen atoms in total. The molecule has 1 aliphatic heterocycles. The Morgan fingerprint density at radius 3 is 2.82 bits per heavy atom. The van der Waals surface area contributed by atoms with Crippen LogP contribution in [0.2, 0.25) is 0 Å². The Balaban J connectivity index is 2.16. The minimum Gasteiger partial charge on any atom is -0.452 e. The van der Waals surface area contributed by atoms with Crippen LogP contribution in [0.1, 0.15) is 13.8 Å². The number of hydrogen-bond donors (Lipinski definition) is 0. The van der Waals surface area contributed by atoms with E-state index in [0.717, 1.165) is 32.1 Å². The van der Waals surface area contributed by atoms with Gasteiger partial charge in [-0.15, -0.1) is 0 Å². The highest BCUT2D eigenvalue weighted by molar-refractivity contribution is 7.98. The largest absolute Gasteiger partial charge is 0.452 e. The van der Waals surface area contributed by atoms with Gasteiger partial charge in [-0.2, -0.15) is 10.1 Å². The molecule has 1 fully saturated rings. The summed E-state index contributed by atoms with van der Waals surface area (Å²) >= 11 is 1.50. The Labute approximate surface area is 135 Å². The lowest BCUT2D eigenvalue weighted by molar-refractivity contribution is 0.0588. The van der Waals surface area contributed by atoms with Crippen LogP contribution in [-0.2, 0) is 4.74 Å². The van der Waals surface area contributed by atoms with Crippen molar-refractivity contribution < 1.29 is 9.47 Å². The Morgan fingerprint density at radius 1 is 1.45 bits per heavy atom. The molecule has 1 unspecified atom stereocenters. The van der Waals surface area contributed by atoms with Gasteiger partial charge in [0.1, 0.15) is 5.82 Å². The first-order valence-corrected chi connectivity index (χ1v) is 8.50. The number of rotatable bonds is 6. The summed E-state index contributed by atoms with van der Waals surface area (Å²) in [4.78, 5) is 11.2. The summed E-state index contributed by atoms with van der Waals surface area (Å²) in [7, 11) is 1.87. The molecule has 0 saturated carbocycles. The number of aromatic nitrogens is 2. The van der Waals surface area contributed by atoms with Crippen molar-refractivity contribution in [3.05, 3.63) is 6.07 Å². The van der Waals surface area contributed by atoms with Crippen LogP contribution < -0.4 is 9.64 Å². The second-order valence-electron chi connectivity index (χ2n) is 4.81. The third kappa shape index (κ3) is 4.48. The third-order valence-corrected chi connectivity index (χ3v) is 3.85. The molecule has 1 saturated heterocycles. The molecule has 0 aliphatic carbocycles. The molecule has 2 heterocycles. The van der Waals surface area contributed by atoms with Gasteiger partial charge in [0, 0.05) is 32.4 Å². The Kier molecular flexibility index (Phi) is 6.26. The van der Waals surface area contributed by atoms with Crippen LogP contribution in [0.4, 0.5) is 5.82 Å². The van der Waals surface area contributed by atoms with E-state index >= 15 is 0 Å². The van der Waals surface area contributed by atoms with E-state index in [2.05, 4.69) is 20.0 Å². The number of nitrogens with zero attached hydrogens (tertiary/aromatic N) is 5. The molecule has 0 amide bonds. The highest BCUT2D eigenvalue weighted by atomic mass is 32.2. The minimum atomic E-state index is -0.210. The first-order valence-electron chi connectivity index (χ1n) is 7.28. The molecule has 1 atom stereocenters. The van der Waals surface area contributed by atoms with Crippen molar-refractivity contribution >= 4 is 23.8 Å². The summed E-state index contributed by atoms with van der Waals surface area (Å²) in [6.45, 7) is 6.91. The average molecular weight is 325 g/mol. The van der Waals surface area contributed by atoms with Crippen LogP contribution in [-0.4, -0.2) is 67.0 Å². The van der Waals surface area contributed by atoms with Crippen molar-refractivity contribution in [1.29, 1.82) is 0 Å². The summed E-state index contributed by atoms with van der Waals surface area (Å²) < 4.78 is 11.3. The van der Waals surface area contributed by atoms with Gasteiger partial charge >= 0.3 is 0 Å². The van der Waals surface area contributed by atoms with Crippen LogP contribution >= 0.6 is 11.8 Å². The fourth-order valence-corrected chi connectivity index (χ4v) is 2.39. The second kappa shape index (κ2) is 8.19. The van der Waals surface area contributed by atoms with E-state index < -0.39 is 0 Å². The molecular weight excluding hydrogens is 302 g/mol. The molecular formula is C14H23N5O2S. The summed E-state index contributed by atoms with van der Waals surface area (Å²) in [6.07, 6.45) is 3.48. The number of morpholine rings is 1. The smallest absolute Gasteiger partial charge is 0.221 e. The fourth-order valence-electron chi connectivity index (χ4n) is 2.03. The van der Waals surface area contributed by atoms with Crippen LogP contribution in [0.5, 0.6) is 5.88 Å². The normalized spacial score (nSPS) is 16.8. The highest BCUT2D eigenvalue weighted by Crippen LogP contribution is 2.23. The van der Waals surface area contributed by atoms with Crippen molar-refractivity contribution in [1.82, 2.24) is 15.0 Å². The lowest BCUT2D eigenvalue weighted by Crippen LogP contribution is -2.37. The standard InChI is InChI=1S/C14H23N5O2S/c1-5-15-18(3)11(2)21-13-10-12(16-14(17-13)22-4)19-6-8-20-9-7-19/h5,10-11H,6-9H2,1-4H3/b15-5-. The molecule has 22 heavy (non-hydrogen) atoms. The number of thioether (sulfide) groups is 1. The molecule has 0 spiro atoms. The van der Waals surface area contributed by atoms with Crippen LogP contribution in [0.3, 0.4) is 0 Å². The quantitative estimate of drug-likeness (QED) is 0.259. The summed E-state index contributed by atoms with van der Waals surface area (Å²) in [5, 5.41) is 6.63. The van der Waals surface area contributed by atoms with Gasteiger partial charge in [-0.3, -0.25) is 5.01 Å². The molecule has 0 bridgehead atoms. The molecule has 0 aromatic carbocycles. The van der Waals surface area contributed by atoms with E-state index in [-0.39, 0.29) is 6.23 Å². The predicted octanol–water partition coefficient (Wildman–Crippen LogP) is 1.70. The maximum atomic E-state index is 5.89. The zero-order chi connectivity index (χ0) is 15.9. The summed E-state index contributed by atoms with van der Waals surface area (Å²) in [5.41, 5.74) is 0. The van der Waals surface area contributed by atoms with Crippen LogP contribution in [0, 0.1) is 0 Å².